The smallest absolute Gasteiger partial charge is 0.231 e. The van der Waals surface area contributed by atoms with Crippen molar-refractivity contribution >= 4 is 0 Å². The average Bonchev–Trinajstić information content (AvgIpc) is 2.54. The van der Waals surface area contributed by atoms with E-state index in [4.69, 9.17) is 9.47 Å². The lowest BCUT2D eigenvalue weighted by molar-refractivity contribution is 0.0977. The first-order valence-corrected chi connectivity index (χ1v) is 4.54. The third kappa shape index (κ3) is 1.81. The maximum atomic E-state index is 5.20. The zero-order valence-electron chi connectivity index (χ0n) is 7.96. The summed E-state index contributed by atoms with van der Waals surface area (Å²) in [5.41, 5.74) is 0. The summed E-state index contributed by atoms with van der Waals surface area (Å²) in [5, 5.41) is 0. The van der Waals surface area contributed by atoms with Crippen molar-refractivity contribution in [2.75, 3.05) is 6.79 Å². The number of ether oxygens (including phenoxy) is 2. The summed E-state index contributed by atoms with van der Waals surface area (Å²) in [6, 6.07) is 0. The molecule has 2 heteroatoms. The van der Waals surface area contributed by atoms with Crippen LogP contribution in [0.1, 0.15) is 27.2 Å². The molecule has 1 fully saturated rings. The topological polar surface area (TPSA) is 18.5 Å². The molecular formula is C10H16O2. The molecule has 0 N–H and O–H groups in total. The first kappa shape index (κ1) is 9.17. The van der Waals surface area contributed by atoms with Crippen LogP contribution in [-0.2, 0) is 9.47 Å². The van der Waals surface area contributed by atoms with Gasteiger partial charge in [0.25, 0.3) is 0 Å². The minimum atomic E-state index is 0.393. The van der Waals surface area contributed by atoms with E-state index in [0.29, 0.717) is 12.7 Å². The van der Waals surface area contributed by atoms with Crippen molar-refractivity contribution in [3.05, 3.63) is 23.7 Å². The number of hydrogen-bond donors (Lipinski definition) is 0. The summed E-state index contributed by atoms with van der Waals surface area (Å²) in [5.74, 6) is 2.46. The van der Waals surface area contributed by atoms with E-state index in [2.05, 4.69) is 19.1 Å². The lowest BCUT2D eigenvalue weighted by Crippen LogP contribution is -1.97. The van der Waals surface area contributed by atoms with Gasteiger partial charge < -0.3 is 9.47 Å². The highest BCUT2D eigenvalue weighted by Gasteiger charge is 2.20. The second-order valence-electron chi connectivity index (χ2n) is 2.72. The first-order chi connectivity index (χ1) is 5.86. The van der Waals surface area contributed by atoms with E-state index < -0.39 is 0 Å². The second kappa shape index (κ2) is 4.19. The summed E-state index contributed by atoms with van der Waals surface area (Å²) in [4.78, 5) is 0. The average molecular weight is 168 g/mol. The van der Waals surface area contributed by atoms with Crippen molar-refractivity contribution in [1.82, 2.24) is 0 Å². The minimum absolute atomic E-state index is 0.393. The van der Waals surface area contributed by atoms with E-state index >= 15 is 0 Å². The van der Waals surface area contributed by atoms with Crippen LogP contribution in [0.25, 0.3) is 0 Å². The molecule has 1 unspecified atom stereocenters. The molecule has 1 aliphatic heterocycles. The maximum absolute atomic E-state index is 5.20. The molecule has 68 valence electrons. The fourth-order valence-electron chi connectivity index (χ4n) is 1.21. The van der Waals surface area contributed by atoms with Crippen LogP contribution in [0.5, 0.6) is 0 Å². The summed E-state index contributed by atoms with van der Waals surface area (Å²) in [6.45, 7) is 6.56. The molecule has 1 atom stereocenters. The predicted octanol–water partition coefficient (Wildman–Crippen LogP) is 2.82. The van der Waals surface area contributed by atoms with Gasteiger partial charge in [0.15, 0.2) is 11.5 Å². The Kier molecular flexibility index (Phi) is 3.20. The standard InChI is InChI=1S/C8H10O2.C2H6/c1-6-2-3-7-8(4-6)10-5-9-7;1-2/h3-4,6H,2,5H2,1H3;1-2H3. The van der Waals surface area contributed by atoms with Gasteiger partial charge in [-0.2, -0.15) is 0 Å². The zero-order chi connectivity index (χ0) is 8.97. The Morgan fingerprint density at radius 3 is 2.67 bits per heavy atom. The largest absolute Gasteiger partial charge is 0.454 e. The van der Waals surface area contributed by atoms with E-state index in [1.165, 1.54) is 0 Å². The molecule has 0 spiro atoms. The van der Waals surface area contributed by atoms with Crippen molar-refractivity contribution in [2.45, 2.75) is 27.2 Å². The van der Waals surface area contributed by atoms with Crippen LogP contribution in [0.4, 0.5) is 0 Å². The molecule has 0 aromatic carbocycles. The van der Waals surface area contributed by atoms with Gasteiger partial charge in [0, 0.05) is 0 Å². The molecule has 1 heterocycles. The molecular weight excluding hydrogens is 152 g/mol. The molecule has 2 rings (SSSR count). The lowest BCUT2D eigenvalue weighted by atomic mass is 10.0. The van der Waals surface area contributed by atoms with Gasteiger partial charge in [-0.05, 0) is 24.5 Å². The van der Waals surface area contributed by atoms with E-state index in [0.717, 1.165) is 17.9 Å². The van der Waals surface area contributed by atoms with Gasteiger partial charge in [0.1, 0.15) is 0 Å². The van der Waals surface area contributed by atoms with Crippen LogP contribution in [0.15, 0.2) is 23.7 Å². The van der Waals surface area contributed by atoms with E-state index in [1.807, 2.05) is 13.8 Å². The monoisotopic (exact) mass is 168 g/mol. The molecule has 0 amide bonds. The van der Waals surface area contributed by atoms with Gasteiger partial charge in [-0.15, -0.1) is 0 Å². The maximum Gasteiger partial charge on any atom is 0.231 e. The van der Waals surface area contributed by atoms with Crippen LogP contribution in [-0.4, -0.2) is 6.79 Å². The van der Waals surface area contributed by atoms with Crippen LogP contribution in [0.3, 0.4) is 0 Å². The number of rotatable bonds is 0. The number of allylic oxidation sites excluding steroid dienone is 2. The molecule has 0 saturated carbocycles. The molecule has 12 heavy (non-hydrogen) atoms. The van der Waals surface area contributed by atoms with Gasteiger partial charge in [0.2, 0.25) is 6.79 Å². The summed E-state index contributed by atoms with van der Waals surface area (Å²) < 4.78 is 10.4. The molecule has 1 aliphatic carbocycles. The Morgan fingerprint density at radius 2 is 1.92 bits per heavy atom. The number of hydrogen-bond acceptors (Lipinski definition) is 2. The lowest BCUT2D eigenvalue weighted by Gasteiger charge is -2.09. The quantitative estimate of drug-likeness (QED) is 0.553. The molecule has 0 radical (unpaired) electrons. The zero-order valence-corrected chi connectivity index (χ0v) is 7.96. The van der Waals surface area contributed by atoms with E-state index in [-0.39, 0.29) is 0 Å². The fourth-order valence-corrected chi connectivity index (χ4v) is 1.21. The van der Waals surface area contributed by atoms with Crippen molar-refractivity contribution in [1.29, 1.82) is 0 Å². The Hall–Kier alpha value is -0.920. The van der Waals surface area contributed by atoms with Crippen LogP contribution >= 0.6 is 0 Å². The van der Waals surface area contributed by atoms with Gasteiger partial charge in [-0.1, -0.05) is 20.8 Å². The SMILES string of the molecule is CC.CC1C=C2OCOC2=CC1. The second-order valence-corrected chi connectivity index (χ2v) is 2.72. The van der Waals surface area contributed by atoms with E-state index in [9.17, 15) is 0 Å². The third-order valence-corrected chi connectivity index (χ3v) is 1.78. The molecule has 0 aromatic rings. The minimum Gasteiger partial charge on any atom is -0.454 e. The van der Waals surface area contributed by atoms with Crippen LogP contribution in [0, 0.1) is 5.92 Å². The van der Waals surface area contributed by atoms with Gasteiger partial charge in [-0.25, -0.2) is 0 Å². The third-order valence-electron chi connectivity index (χ3n) is 1.78. The molecule has 0 bridgehead atoms. The summed E-state index contributed by atoms with van der Waals surface area (Å²) in [7, 11) is 0. The highest BCUT2D eigenvalue weighted by Crippen LogP contribution is 2.28. The highest BCUT2D eigenvalue weighted by molar-refractivity contribution is 5.26. The van der Waals surface area contributed by atoms with Crippen molar-refractivity contribution < 1.29 is 9.47 Å². The van der Waals surface area contributed by atoms with Gasteiger partial charge >= 0.3 is 0 Å². The first-order valence-electron chi connectivity index (χ1n) is 4.54. The van der Waals surface area contributed by atoms with Gasteiger partial charge in [0.05, 0.1) is 0 Å². The Morgan fingerprint density at radius 1 is 1.25 bits per heavy atom. The summed E-state index contributed by atoms with van der Waals surface area (Å²) >= 11 is 0. The van der Waals surface area contributed by atoms with Crippen molar-refractivity contribution in [2.24, 2.45) is 5.92 Å². The predicted molar refractivity (Wildman–Crippen MR) is 48.3 cm³/mol. The van der Waals surface area contributed by atoms with E-state index in [1.54, 1.807) is 0 Å². The number of fused-ring (bicyclic) bond motifs is 1. The molecule has 2 aliphatic rings. The Balaban J connectivity index is 0.000000336. The van der Waals surface area contributed by atoms with Crippen LogP contribution < -0.4 is 0 Å². The van der Waals surface area contributed by atoms with Gasteiger partial charge in [-0.3, -0.25) is 0 Å². The molecule has 0 aromatic heterocycles. The Bertz CT molecular complexity index is 204. The highest BCUT2D eigenvalue weighted by atomic mass is 16.7. The molecule has 1 saturated heterocycles. The Labute approximate surface area is 73.9 Å². The normalized spacial score (nSPS) is 25.1. The van der Waals surface area contributed by atoms with Crippen LogP contribution in [0.2, 0.25) is 0 Å². The fraction of sp³-hybridized carbons (Fsp3) is 0.600. The van der Waals surface area contributed by atoms with Crippen molar-refractivity contribution in [3.63, 3.8) is 0 Å². The molecule has 2 nitrogen and oxygen atoms in total. The summed E-state index contributed by atoms with van der Waals surface area (Å²) in [6.07, 6.45) is 5.28. The van der Waals surface area contributed by atoms with Crippen molar-refractivity contribution in [3.8, 4) is 0 Å².